The first-order chi connectivity index (χ1) is 16.0. The number of imidazole rings is 1. The van der Waals surface area contributed by atoms with Crippen LogP contribution in [0, 0.1) is 19.7 Å². The summed E-state index contributed by atoms with van der Waals surface area (Å²) in [6.07, 6.45) is 4.11. The maximum Gasteiger partial charge on any atom is 0.164 e. The number of benzene rings is 1. The lowest BCUT2D eigenvalue weighted by atomic mass is 10.1. The van der Waals surface area contributed by atoms with Crippen LogP contribution in [0.1, 0.15) is 29.1 Å². The van der Waals surface area contributed by atoms with Crippen molar-refractivity contribution in [1.29, 1.82) is 0 Å². The number of piperazine rings is 1. The third-order valence-corrected chi connectivity index (χ3v) is 6.76. The van der Waals surface area contributed by atoms with Gasteiger partial charge in [0.2, 0.25) is 0 Å². The highest BCUT2D eigenvalue weighted by molar-refractivity contribution is 7.59. The van der Waals surface area contributed by atoms with Crippen LogP contribution in [0.3, 0.4) is 0 Å². The highest BCUT2D eigenvalue weighted by Gasteiger charge is 2.37. The topological polar surface area (TPSA) is 71.8 Å². The smallest absolute Gasteiger partial charge is 0.164 e. The van der Waals surface area contributed by atoms with Crippen LogP contribution in [-0.4, -0.2) is 54.6 Å². The van der Waals surface area contributed by atoms with E-state index in [2.05, 4.69) is 49.4 Å². The van der Waals surface area contributed by atoms with E-state index in [1.54, 1.807) is 6.20 Å². The minimum Gasteiger partial charge on any atom is -0.311 e. The van der Waals surface area contributed by atoms with E-state index in [0.717, 1.165) is 42.1 Å². The molecule has 1 aromatic carbocycles. The van der Waals surface area contributed by atoms with E-state index in [1.165, 1.54) is 24.2 Å². The van der Waals surface area contributed by atoms with Gasteiger partial charge in [-0.15, -0.1) is 0 Å². The molecule has 5 heterocycles. The fourth-order valence-electron chi connectivity index (χ4n) is 5.19. The van der Waals surface area contributed by atoms with Gasteiger partial charge in [-0.25, -0.2) is 19.3 Å². The number of hydrogen-bond donors (Lipinski definition) is 1. The first-order valence-corrected chi connectivity index (χ1v) is 11.4. The molecule has 0 spiro atoms. The zero-order valence-electron chi connectivity index (χ0n) is 19.8. The second-order valence-electron chi connectivity index (χ2n) is 9.18. The molecule has 10 heteroatoms. The lowest BCUT2D eigenvalue weighted by molar-refractivity contribution is 0.218. The van der Waals surface area contributed by atoms with Crippen molar-refractivity contribution in [3.05, 3.63) is 71.2 Å². The van der Waals surface area contributed by atoms with Crippen LogP contribution < -0.4 is 5.32 Å². The van der Waals surface area contributed by atoms with E-state index < -0.39 is 0 Å². The summed E-state index contributed by atoms with van der Waals surface area (Å²) in [6.45, 7) is 7.62. The number of pyridine rings is 1. The Morgan fingerprint density at radius 3 is 2.40 bits per heavy atom. The van der Waals surface area contributed by atoms with Crippen molar-refractivity contribution in [2.24, 2.45) is 0 Å². The van der Waals surface area contributed by atoms with E-state index >= 15 is 0 Å². The summed E-state index contributed by atoms with van der Waals surface area (Å²) in [5.74, 6) is 0.944. The molecule has 0 amide bonds. The predicted octanol–water partition coefficient (Wildman–Crippen LogP) is 3.46. The molecule has 2 aliphatic rings. The molecule has 2 bridgehead atoms. The first-order valence-electron chi connectivity index (χ1n) is 11.4. The number of halogens is 1. The highest BCUT2D eigenvalue weighted by atomic mass is 32.1. The zero-order valence-corrected chi connectivity index (χ0v) is 21.8. The minimum absolute atomic E-state index is 0. The highest BCUT2D eigenvalue weighted by Crippen LogP contribution is 2.28. The average Bonchev–Trinajstić information content (AvgIpc) is 3.50. The molecule has 2 saturated heterocycles. The predicted molar refractivity (Wildman–Crippen MR) is 145 cm³/mol. The van der Waals surface area contributed by atoms with Gasteiger partial charge in [0.05, 0.1) is 18.4 Å². The van der Waals surface area contributed by atoms with Crippen LogP contribution in [0.2, 0.25) is 0 Å². The lowest BCUT2D eigenvalue weighted by Gasteiger charge is -2.27. The van der Waals surface area contributed by atoms with Crippen molar-refractivity contribution in [2.75, 3.05) is 13.1 Å². The van der Waals surface area contributed by atoms with Gasteiger partial charge in [0.15, 0.2) is 5.65 Å². The van der Waals surface area contributed by atoms with Crippen LogP contribution >= 0.6 is 27.0 Å². The maximum absolute atomic E-state index is 13.9. The minimum atomic E-state index is -0.389. The summed E-state index contributed by atoms with van der Waals surface area (Å²) in [5.41, 5.74) is 5.39. The number of rotatable bonds is 5. The van der Waals surface area contributed by atoms with E-state index in [4.69, 9.17) is 4.98 Å². The Kier molecular flexibility index (Phi) is 7.46. The Morgan fingerprint density at radius 2 is 1.74 bits per heavy atom. The molecule has 0 unspecified atom stereocenters. The van der Waals surface area contributed by atoms with Crippen molar-refractivity contribution in [3.63, 3.8) is 0 Å². The fraction of sp³-hybridized carbons (Fsp3) is 0.360. The van der Waals surface area contributed by atoms with Crippen molar-refractivity contribution in [1.82, 2.24) is 34.7 Å². The fourth-order valence-corrected chi connectivity index (χ4v) is 5.19. The van der Waals surface area contributed by atoms with Crippen LogP contribution in [-0.2, 0) is 13.1 Å². The third kappa shape index (κ3) is 4.93. The number of fused-ring (bicyclic) bond motifs is 3. The van der Waals surface area contributed by atoms with Crippen LogP contribution in [0.4, 0.5) is 4.39 Å². The van der Waals surface area contributed by atoms with Gasteiger partial charge in [0, 0.05) is 43.5 Å². The Hall–Kier alpha value is -2.53. The zero-order chi connectivity index (χ0) is 22.5. The number of nitrogens with zero attached hydrogens (tertiary/aromatic N) is 6. The Bertz CT molecular complexity index is 1340. The summed E-state index contributed by atoms with van der Waals surface area (Å²) in [4.78, 5) is 20.5. The van der Waals surface area contributed by atoms with Crippen LogP contribution in [0.5, 0.6) is 0 Å². The van der Waals surface area contributed by atoms with Crippen LogP contribution in [0.25, 0.3) is 22.6 Å². The summed E-state index contributed by atoms with van der Waals surface area (Å²) in [7, 11) is 0. The Labute approximate surface area is 218 Å². The molecule has 0 saturated carbocycles. The lowest BCUT2D eigenvalue weighted by Crippen LogP contribution is -2.42. The molecular formula is C25H30FN7S2. The van der Waals surface area contributed by atoms with E-state index in [-0.39, 0.29) is 32.8 Å². The summed E-state index contributed by atoms with van der Waals surface area (Å²) in [5, 5.41) is 3.56. The maximum atomic E-state index is 13.9. The van der Waals surface area contributed by atoms with Crippen molar-refractivity contribution in [3.8, 4) is 11.4 Å². The quantitative estimate of drug-likeness (QED) is 0.443. The molecule has 0 aliphatic carbocycles. The average molecular weight is 512 g/mol. The van der Waals surface area contributed by atoms with E-state index in [0.29, 0.717) is 35.8 Å². The van der Waals surface area contributed by atoms with Gasteiger partial charge >= 0.3 is 0 Å². The molecule has 3 aromatic heterocycles. The molecule has 35 heavy (non-hydrogen) atoms. The number of aryl methyl sites for hydroxylation is 2. The Morgan fingerprint density at radius 1 is 1.00 bits per heavy atom. The number of likely N-dealkylation sites (tertiary alicyclic amines) is 1. The second-order valence-corrected chi connectivity index (χ2v) is 9.18. The largest absolute Gasteiger partial charge is 0.311 e. The number of nitrogens with one attached hydrogen (secondary N) is 1. The van der Waals surface area contributed by atoms with Crippen molar-refractivity contribution >= 4 is 38.2 Å². The van der Waals surface area contributed by atoms with Gasteiger partial charge in [-0.05, 0) is 37.5 Å². The third-order valence-electron chi connectivity index (χ3n) is 6.76. The normalized spacial score (nSPS) is 19.1. The molecule has 2 fully saturated rings. The Balaban J connectivity index is 0.00000144. The number of hydrogen-bond acceptors (Lipinski definition) is 6. The standard InChI is InChI=1S/C25H26FN7.2H2S/c1-15-23-25(30-16(2)29-15)33(24(31-23)19-7-20(26)10-27-9-19)13-18-5-3-17(4-6-18)12-32-14-21-8-22(32)11-28-21;;/h3-7,9-10,21-22,28H,8,11-14H2,1-2H3;2*1H2/t21-,22-;;/m0../s1. The van der Waals surface area contributed by atoms with Crippen LogP contribution in [0.15, 0.2) is 42.7 Å². The second kappa shape index (κ2) is 10.2. The summed E-state index contributed by atoms with van der Waals surface area (Å²) >= 11 is 0. The van der Waals surface area contributed by atoms with Crippen molar-refractivity contribution in [2.45, 2.75) is 45.4 Å². The molecule has 6 rings (SSSR count). The monoisotopic (exact) mass is 511 g/mol. The molecule has 2 aliphatic heterocycles. The molecular weight excluding hydrogens is 481 g/mol. The van der Waals surface area contributed by atoms with Crippen molar-refractivity contribution < 1.29 is 4.39 Å². The molecule has 4 aromatic rings. The van der Waals surface area contributed by atoms with Gasteiger partial charge in [-0.1, -0.05) is 24.3 Å². The SMILES string of the molecule is Cc1nc(C)c2nc(-c3cncc(F)c3)n(Cc3ccc(CN4C[C@@H]5C[C@H]4CN5)cc3)c2n1.S.S. The molecule has 0 radical (unpaired) electrons. The molecule has 184 valence electrons. The van der Waals surface area contributed by atoms with Gasteiger partial charge in [-0.3, -0.25) is 9.88 Å². The van der Waals surface area contributed by atoms with E-state index in [9.17, 15) is 4.39 Å². The van der Waals surface area contributed by atoms with Gasteiger partial charge in [0.25, 0.3) is 0 Å². The molecule has 7 nitrogen and oxygen atoms in total. The summed E-state index contributed by atoms with van der Waals surface area (Å²) < 4.78 is 16.0. The molecule has 2 atom stereocenters. The summed E-state index contributed by atoms with van der Waals surface area (Å²) in [6, 6.07) is 11.5. The van der Waals surface area contributed by atoms with E-state index in [1.807, 2.05) is 18.4 Å². The van der Waals surface area contributed by atoms with Gasteiger partial charge in [0.1, 0.15) is 23.0 Å². The molecule has 1 N–H and O–H groups in total. The van der Waals surface area contributed by atoms with Gasteiger partial charge < -0.3 is 9.88 Å². The number of aromatic nitrogens is 5. The first kappa shape index (κ1) is 25.6. The van der Waals surface area contributed by atoms with Gasteiger partial charge in [-0.2, -0.15) is 27.0 Å².